The van der Waals surface area contributed by atoms with Crippen LogP contribution in [-0.2, 0) is 0 Å². The maximum atomic E-state index is 16.5. The average Bonchev–Trinajstić information content (AvgIpc) is 2.88. The molecule has 3 saturated heterocycles. The van der Waals surface area contributed by atoms with Crippen molar-refractivity contribution in [2.45, 2.75) is 19.1 Å². The Morgan fingerprint density at radius 3 is 2.38 bits per heavy atom. The average molecular weight is 477 g/mol. The van der Waals surface area contributed by atoms with Gasteiger partial charge in [-0.2, -0.15) is 0 Å². The lowest BCUT2D eigenvalue weighted by Gasteiger charge is -2.54. The zero-order valence-electron chi connectivity index (χ0n) is 19.5. The first-order valence-electron chi connectivity index (χ1n) is 12.1. The van der Waals surface area contributed by atoms with Crippen molar-refractivity contribution in [3.63, 3.8) is 0 Å². The molecule has 3 aliphatic rings. The highest BCUT2D eigenvalue weighted by molar-refractivity contribution is 6.17. The summed E-state index contributed by atoms with van der Waals surface area (Å²) in [5.41, 5.74) is 2.22. The number of halogens is 2. The van der Waals surface area contributed by atoms with Crippen LogP contribution in [0.5, 0.6) is 5.75 Å². The second kappa shape index (κ2) is 8.23. The molecule has 0 amide bonds. The number of rotatable bonds is 5. The molecule has 0 saturated carbocycles. The summed E-state index contributed by atoms with van der Waals surface area (Å²) in [6.45, 7) is 5.30. The van der Waals surface area contributed by atoms with E-state index >= 15 is 4.48 Å². The predicted molar refractivity (Wildman–Crippen MR) is 136 cm³/mol. The third-order valence-electron chi connectivity index (χ3n) is 8.05. The van der Waals surface area contributed by atoms with Gasteiger partial charge in [0.05, 0.1) is 0 Å². The third-order valence-corrected chi connectivity index (χ3v) is 8.55. The number of nitrogens with zero attached hydrogens (tertiary/aromatic N) is 2. The summed E-state index contributed by atoms with van der Waals surface area (Å²) < 4.78 is 23.8. The third kappa shape index (κ3) is 3.56. The Morgan fingerprint density at radius 1 is 0.882 bits per heavy atom. The van der Waals surface area contributed by atoms with Gasteiger partial charge >= 0.3 is 0 Å². The fourth-order valence-corrected chi connectivity index (χ4v) is 6.33. The fraction of sp³-hybridized carbons (Fsp3) is 0.310. The van der Waals surface area contributed by atoms with Gasteiger partial charge in [-0.1, -0.05) is 83.9 Å². The van der Waals surface area contributed by atoms with Crippen LogP contribution in [0.3, 0.4) is 0 Å². The minimum absolute atomic E-state index is 0.327. The van der Waals surface area contributed by atoms with Crippen LogP contribution in [0.2, 0.25) is 0 Å². The van der Waals surface area contributed by atoms with Gasteiger partial charge in [-0.05, 0) is 39.7 Å². The molecule has 174 valence electrons. The van der Waals surface area contributed by atoms with Crippen molar-refractivity contribution >= 4 is 33.1 Å². The van der Waals surface area contributed by atoms with Crippen LogP contribution in [0.25, 0.3) is 21.5 Å². The lowest BCUT2D eigenvalue weighted by atomic mass is 9.91. The van der Waals surface area contributed by atoms with Gasteiger partial charge in [-0.25, -0.2) is 0 Å². The summed E-state index contributed by atoms with van der Waals surface area (Å²) >= 11 is 6.48. The van der Waals surface area contributed by atoms with Gasteiger partial charge in [0.15, 0.2) is 25.2 Å². The van der Waals surface area contributed by atoms with E-state index in [1.165, 1.54) is 5.56 Å². The maximum absolute atomic E-state index is 16.5. The number of alkyl halides is 1. The van der Waals surface area contributed by atoms with Crippen molar-refractivity contribution in [2.24, 2.45) is 0 Å². The first-order valence-corrected chi connectivity index (χ1v) is 12.6. The minimum atomic E-state index is -0.450. The molecule has 5 heteroatoms. The van der Waals surface area contributed by atoms with E-state index in [4.69, 9.17) is 16.3 Å². The zero-order valence-corrected chi connectivity index (χ0v) is 20.2. The molecular formula is C29H30ClFN2O+2. The number of fused-ring (bicyclic) bond motifs is 5. The van der Waals surface area contributed by atoms with E-state index < -0.39 is 10.8 Å². The molecule has 0 aromatic heterocycles. The molecule has 2 bridgehead atoms. The van der Waals surface area contributed by atoms with E-state index in [9.17, 15) is 0 Å². The van der Waals surface area contributed by atoms with Gasteiger partial charge in [0.25, 0.3) is 0 Å². The molecule has 3 heterocycles. The van der Waals surface area contributed by atoms with Crippen molar-refractivity contribution in [1.82, 2.24) is 0 Å². The second-order valence-corrected chi connectivity index (χ2v) is 10.4. The zero-order chi connectivity index (χ0) is 23.3. The van der Waals surface area contributed by atoms with Crippen molar-refractivity contribution in [3.8, 4) is 5.75 Å². The summed E-state index contributed by atoms with van der Waals surface area (Å²) in [6.07, 6.45) is -0.427. The molecule has 3 nitrogen and oxygen atoms in total. The van der Waals surface area contributed by atoms with Crippen LogP contribution >= 0.6 is 11.6 Å². The monoisotopic (exact) mass is 476 g/mol. The number of hydrogen-bond acceptors (Lipinski definition) is 1. The van der Waals surface area contributed by atoms with Crippen LogP contribution in [0.4, 0.5) is 4.48 Å². The number of hydrogen-bond donors (Lipinski definition) is 0. The number of quaternary nitrogens is 2. The van der Waals surface area contributed by atoms with Gasteiger partial charge in [-0.15, -0.1) is 4.71 Å². The van der Waals surface area contributed by atoms with E-state index in [1.54, 1.807) is 0 Å². The first kappa shape index (κ1) is 21.8. The Kier molecular flexibility index (Phi) is 5.29. The van der Waals surface area contributed by atoms with Crippen molar-refractivity contribution in [2.75, 3.05) is 38.7 Å². The number of ether oxygens (including phenoxy) is 1. The summed E-state index contributed by atoms with van der Waals surface area (Å²) in [5, 5.41) is 4.46. The Balaban J connectivity index is 1.52. The van der Waals surface area contributed by atoms with Gasteiger partial charge in [-0.3, -0.25) is 4.48 Å². The summed E-state index contributed by atoms with van der Waals surface area (Å²) in [7, 11) is 0. The Morgan fingerprint density at radius 2 is 1.59 bits per heavy atom. The molecule has 4 aromatic rings. The molecule has 2 atom stereocenters. The van der Waals surface area contributed by atoms with Crippen LogP contribution < -0.4 is 4.74 Å². The highest BCUT2D eigenvalue weighted by Gasteiger charge is 2.61. The lowest BCUT2D eigenvalue weighted by molar-refractivity contribution is -1.16. The molecule has 3 fully saturated rings. The quantitative estimate of drug-likeness (QED) is 0.138. The van der Waals surface area contributed by atoms with E-state index in [0.717, 1.165) is 50.4 Å². The Labute approximate surface area is 205 Å². The van der Waals surface area contributed by atoms with Gasteiger partial charge < -0.3 is 4.74 Å². The van der Waals surface area contributed by atoms with Crippen LogP contribution in [-0.4, -0.2) is 54.0 Å². The standard InChI is InChI=1S/C29H30ClFN2O/c1-21-12-13-23-8-5-11-28(26(23)18-21)34-29(25-10-4-7-22-6-2-3-9-24(22)25)27-19-32(20-30)14-16-33(27,31)17-15-32/h2-13,18,27,29H,14-17,19-20H2,1H3/q+2/t27?,29-,32?,33?/m1/s1. The smallest absolute Gasteiger partial charge is 0.215 e. The molecule has 3 aliphatic heterocycles. The second-order valence-electron chi connectivity index (χ2n) is 10.1. The molecule has 0 radical (unpaired) electrons. The molecule has 7 rings (SSSR count). The van der Waals surface area contributed by atoms with E-state index in [2.05, 4.69) is 61.5 Å². The molecule has 4 aromatic carbocycles. The van der Waals surface area contributed by atoms with E-state index in [0.29, 0.717) is 25.6 Å². The van der Waals surface area contributed by atoms with Gasteiger partial charge in [0, 0.05) is 10.9 Å². The van der Waals surface area contributed by atoms with E-state index in [1.807, 2.05) is 24.3 Å². The van der Waals surface area contributed by atoms with Crippen LogP contribution in [0.1, 0.15) is 17.2 Å². The van der Waals surface area contributed by atoms with Crippen molar-refractivity contribution < 1.29 is 18.4 Å². The summed E-state index contributed by atoms with van der Waals surface area (Å²) in [5.74, 6) is 0.806. The number of benzene rings is 4. The SMILES string of the molecule is Cc1ccc2cccc(O[C@H](c3cccc4ccccc34)C3C[N+]4(CCl)CC[N+]3(F)CC4)c2c1. The molecule has 0 N–H and O–H groups in total. The fourth-order valence-electron chi connectivity index (χ4n) is 5.99. The summed E-state index contributed by atoms with van der Waals surface area (Å²) in [6, 6.07) is 27.4. The molecule has 1 unspecified atom stereocenters. The maximum Gasteiger partial charge on any atom is 0.215 e. The highest BCUT2D eigenvalue weighted by atomic mass is 35.5. The Hall–Kier alpha value is -2.66. The molecule has 34 heavy (non-hydrogen) atoms. The minimum Gasteiger partial charge on any atom is -0.478 e. The Bertz CT molecular complexity index is 1360. The number of piperazine rings is 3. The van der Waals surface area contributed by atoms with Crippen LogP contribution in [0, 0.1) is 6.92 Å². The largest absolute Gasteiger partial charge is 0.478 e. The molecule has 0 aliphatic carbocycles. The lowest BCUT2D eigenvalue weighted by Crippen LogP contribution is -2.77. The van der Waals surface area contributed by atoms with E-state index in [-0.39, 0.29) is 6.04 Å². The van der Waals surface area contributed by atoms with Gasteiger partial charge in [0.1, 0.15) is 25.4 Å². The first-order chi connectivity index (χ1) is 16.5. The highest BCUT2D eigenvalue weighted by Crippen LogP contribution is 2.43. The molecule has 0 spiro atoms. The summed E-state index contributed by atoms with van der Waals surface area (Å²) in [4.78, 5) is 0. The normalized spacial score (nSPS) is 27.2. The van der Waals surface area contributed by atoms with Gasteiger partial charge in [0.2, 0.25) is 6.04 Å². The van der Waals surface area contributed by atoms with Crippen molar-refractivity contribution in [3.05, 3.63) is 90.0 Å². The predicted octanol–water partition coefficient (Wildman–Crippen LogP) is 6.53. The topological polar surface area (TPSA) is 9.23 Å². The van der Waals surface area contributed by atoms with Crippen molar-refractivity contribution in [1.29, 1.82) is 0 Å². The number of aryl methyl sites for hydroxylation is 1. The van der Waals surface area contributed by atoms with Crippen LogP contribution in [0.15, 0.2) is 78.9 Å². The molecular weight excluding hydrogens is 447 g/mol.